The lowest BCUT2D eigenvalue weighted by atomic mass is 9.45. The van der Waals surface area contributed by atoms with Crippen LogP contribution in [0.2, 0.25) is 0 Å². The Labute approximate surface area is 97.7 Å². The third-order valence-electron chi connectivity index (χ3n) is 6.06. The quantitative estimate of drug-likeness (QED) is 0.672. The van der Waals surface area contributed by atoms with Crippen molar-refractivity contribution in [2.24, 2.45) is 34.5 Å². The normalized spacial score (nSPS) is 51.2. The van der Waals surface area contributed by atoms with E-state index < -0.39 is 0 Å². The van der Waals surface area contributed by atoms with Gasteiger partial charge in [0.2, 0.25) is 0 Å². The first-order chi connectivity index (χ1) is 7.44. The smallest absolute Gasteiger partial charge is 0.309 e. The minimum atomic E-state index is 0.0679. The van der Waals surface area contributed by atoms with Gasteiger partial charge in [-0.15, -0.1) is 0 Å². The molecule has 0 aliphatic heterocycles. The topological polar surface area (TPSA) is 26.3 Å². The van der Waals surface area contributed by atoms with Crippen LogP contribution < -0.4 is 0 Å². The van der Waals surface area contributed by atoms with Crippen molar-refractivity contribution < 1.29 is 9.53 Å². The van der Waals surface area contributed by atoms with Crippen LogP contribution in [0.4, 0.5) is 0 Å². The van der Waals surface area contributed by atoms with Gasteiger partial charge < -0.3 is 4.74 Å². The fourth-order valence-corrected chi connectivity index (χ4v) is 4.92. The van der Waals surface area contributed by atoms with Crippen LogP contribution >= 0.6 is 0 Å². The molecule has 4 rings (SSSR count). The molecule has 0 aromatic heterocycles. The molecular weight excluding hydrogens is 200 g/mol. The van der Waals surface area contributed by atoms with Crippen molar-refractivity contribution in [2.45, 2.75) is 40.5 Å². The van der Waals surface area contributed by atoms with E-state index in [1.807, 2.05) is 6.92 Å². The van der Waals surface area contributed by atoms with Gasteiger partial charge in [0.1, 0.15) is 0 Å². The van der Waals surface area contributed by atoms with E-state index in [0.29, 0.717) is 17.9 Å². The van der Waals surface area contributed by atoms with Crippen molar-refractivity contribution in [3.8, 4) is 0 Å². The summed E-state index contributed by atoms with van der Waals surface area (Å²) in [6, 6.07) is 0. The monoisotopic (exact) mass is 222 g/mol. The molecule has 0 amide bonds. The fraction of sp³-hybridized carbons (Fsp3) is 0.929. The summed E-state index contributed by atoms with van der Waals surface area (Å²) in [5, 5.41) is 0. The molecule has 4 aliphatic carbocycles. The first-order valence-electron chi connectivity index (χ1n) is 6.60. The predicted octanol–water partition coefficient (Wildman–Crippen LogP) is 2.87. The van der Waals surface area contributed by atoms with E-state index in [-0.39, 0.29) is 17.3 Å². The molecule has 0 radical (unpaired) electrons. The second-order valence-corrected chi connectivity index (χ2v) is 6.74. The van der Waals surface area contributed by atoms with Gasteiger partial charge in [-0.25, -0.2) is 0 Å². The zero-order chi connectivity index (χ0) is 11.7. The minimum Gasteiger partial charge on any atom is -0.466 e. The number of esters is 1. The molecule has 0 N–H and O–H groups in total. The molecule has 2 nitrogen and oxygen atoms in total. The second kappa shape index (κ2) is 2.83. The Morgan fingerprint density at radius 2 is 2.00 bits per heavy atom. The number of hydrogen-bond acceptors (Lipinski definition) is 2. The van der Waals surface area contributed by atoms with Gasteiger partial charge in [0, 0.05) is 0 Å². The third-order valence-corrected chi connectivity index (χ3v) is 6.06. The number of ether oxygens (including phenoxy) is 1. The molecule has 4 aliphatic rings. The van der Waals surface area contributed by atoms with Crippen molar-refractivity contribution in [2.75, 3.05) is 6.61 Å². The number of carbonyl (C=O) groups is 1. The van der Waals surface area contributed by atoms with Crippen LogP contribution in [0.25, 0.3) is 0 Å². The molecule has 0 spiro atoms. The van der Waals surface area contributed by atoms with Gasteiger partial charge in [0.15, 0.2) is 0 Å². The summed E-state index contributed by atoms with van der Waals surface area (Å²) in [4.78, 5) is 11.9. The zero-order valence-electron chi connectivity index (χ0n) is 10.7. The van der Waals surface area contributed by atoms with Crippen LogP contribution in [0.3, 0.4) is 0 Å². The highest BCUT2D eigenvalue weighted by Crippen LogP contribution is 2.80. The molecule has 0 aromatic carbocycles. The van der Waals surface area contributed by atoms with Gasteiger partial charge in [0.25, 0.3) is 0 Å². The van der Waals surface area contributed by atoms with Crippen molar-refractivity contribution in [1.82, 2.24) is 0 Å². The molecule has 16 heavy (non-hydrogen) atoms. The molecule has 2 heteroatoms. The summed E-state index contributed by atoms with van der Waals surface area (Å²) in [7, 11) is 0. The number of hydrogen-bond donors (Lipinski definition) is 0. The lowest BCUT2D eigenvalue weighted by molar-refractivity contribution is -0.147. The average molecular weight is 222 g/mol. The number of carbonyl (C=O) groups excluding carboxylic acids is 1. The highest BCUT2D eigenvalue weighted by molar-refractivity contribution is 5.78. The van der Waals surface area contributed by atoms with Gasteiger partial charge in [0.05, 0.1) is 12.5 Å². The van der Waals surface area contributed by atoms with E-state index in [4.69, 9.17) is 4.74 Å². The third kappa shape index (κ3) is 0.970. The summed E-state index contributed by atoms with van der Waals surface area (Å²) in [6.45, 7) is 9.51. The van der Waals surface area contributed by atoms with E-state index in [1.165, 1.54) is 12.8 Å². The highest BCUT2D eigenvalue weighted by atomic mass is 16.5. The van der Waals surface area contributed by atoms with E-state index in [0.717, 1.165) is 11.8 Å². The molecule has 0 heterocycles. The van der Waals surface area contributed by atoms with E-state index in [1.54, 1.807) is 0 Å². The van der Waals surface area contributed by atoms with Crippen molar-refractivity contribution in [1.29, 1.82) is 0 Å². The average Bonchev–Trinajstić information content (AvgIpc) is 2.83. The zero-order valence-corrected chi connectivity index (χ0v) is 10.7. The van der Waals surface area contributed by atoms with Gasteiger partial charge in [-0.3, -0.25) is 4.79 Å². The van der Waals surface area contributed by atoms with E-state index >= 15 is 0 Å². The molecule has 0 unspecified atom stereocenters. The van der Waals surface area contributed by atoms with Gasteiger partial charge >= 0.3 is 5.97 Å². The maximum Gasteiger partial charge on any atom is 0.309 e. The summed E-state index contributed by atoms with van der Waals surface area (Å²) < 4.78 is 5.22. The summed E-state index contributed by atoms with van der Waals surface area (Å²) >= 11 is 0. The van der Waals surface area contributed by atoms with Crippen LogP contribution in [-0.2, 0) is 9.53 Å². The van der Waals surface area contributed by atoms with E-state index in [2.05, 4.69) is 20.8 Å². The Morgan fingerprint density at radius 3 is 2.50 bits per heavy atom. The summed E-state index contributed by atoms with van der Waals surface area (Å²) in [5.74, 6) is 2.51. The van der Waals surface area contributed by atoms with Gasteiger partial charge in [-0.2, -0.15) is 0 Å². The highest BCUT2D eigenvalue weighted by Gasteiger charge is 2.78. The lowest BCUT2D eigenvalue weighted by Crippen LogP contribution is -2.52. The molecule has 5 atom stereocenters. The Balaban J connectivity index is 1.82. The van der Waals surface area contributed by atoms with Crippen molar-refractivity contribution in [3.63, 3.8) is 0 Å². The Bertz CT molecular complexity index is 347. The second-order valence-electron chi connectivity index (χ2n) is 6.74. The Kier molecular flexibility index (Phi) is 1.88. The molecule has 0 saturated heterocycles. The summed E-state index contributed by atoms with van der Waals surface area (Å²) in [5.41, 5.74) is 0.733. The Hall–Kier alpha value is -0.530. The largest absolute Gasteiger partial charge is 0.466 e. The molecule has 90 valence electrons. The molecule has 4 fully saturated rings. The maximum absolute atomic E-state index is 11.9. The molecule has 4 saturated carbocycles. The van der Waals surface area contributed by atoms with Crippen molar-refractivity contribution >= 4 is 5.97 Å². The minimum absolute atomic E-state index is 0.0679. The summed E-state index contributed by atoms with van der Waals surface area (Å²) in [6.07, 6.45) is 2.60. The standard InChI is InChI=1S/C14H22O2/c1-5-16-12(15)11-9-6-8-7-10(13(8,2)3)14(9,11)4/h8-11H,5-7H2,1-4H3/t8-,9+,10-,11-,14-/m1/s1. The van der Waals surface area contributed by atoms with Crippen molar-refractivity contribution in [3.05, 3.63) is 0 Å². The molecular formula is C14H22O2. The van der Waals surface area contributed by atoms with Crippen LogP contribution in [-0.4, -0.2) is 12.6 Å². The van der Waals surface area contributed by atoms with Crippen LogP contribution in [0.15, 0.2) is 0 Å². The molecule has 0 aromatic rings. The Morgan fingerprint density at radius 1 is 1.31 bits per heavy atom. The van der Waals surface area contributed by atoms with Gasteiger partial charge in [-0.1, -0.05) is 20.8 Å². The number of rotatable bonds is 2. The lowest BCUT2D eigenvalue weighted by Gasteiger charge is -2.59. The van der Waals surface area contributed by atoms with Crippen LogP contribution in [0.5, 0.6) is 0 Å². The SMILES string of the molecule is CCOC(=O)[C@H]1[C@@H]2C[C@@H]3C[C@H](C3(C)C)[C@@]21C. The van der Waals surface area contributed by atoms with Crippen LogP contribution in [0.1, 0.15) is 40.5 Å². The van der Waals surface area contributed by atoms with Gasteiger partial charge in [-0.05, 0) is 48.3 Å². The first kappa shape index (κ1) is 10.6. The first-order valence-corrected chi connectivity index (χ1v) is 6.60. The van der Waals surface area contributed by atoms with Crippen LogP contribution in [0, 0.1) is 34.5 Å². The maximum atomic E-state index is 11.9. The molecule has 2 bridgehead atoms. The predicted molar refractivity (Wildman–Crippen MR) is 61.7 cm³/mol. The fourth-order valence-electron chi connectivity index (χ4n) is 4.92. The van der Waals surface area contributed by atoms with E-state index in [9.17, 15) is 4.79 Å².